The van der Waals surface area contributed by atoms with Gasteiger partial charge < -0.3 is 9.72 Å². The second kappa shape index (κ2) is 6.65. The average molecular weight is 426 g/mol. The average Bonchev–Trinajstić information content (AvgIpc) is 3.11. The first-order chi connectivity index (χ1) is 11.8. The van der Waals surface area contributed by atoms with E-state index in [1.165, 1.54) is 16.3 Å². The summed E-state index contributed by atoms with van der Waals surface area (Å²) in [5, 5.41) is 2.39. The van der Waals surface area contributed by atoms with Crippen molar-refractivity contribution >= 4 is 33.4 Å². The van der Waals surface area contributed by atoms with Crippen LogP contribution in [0.4, 0.5) is 0 Å². The van der Waals surface area contributed by atoms with Gasteiger partial charge in [-0.25, -0.2) is 4.98 Å². The van der Waals surface area contributed by atoms with Crippen LogP contribution in [0.3, 0.4) is 0 Å². The van der Waals surface area contributed by atoms with E-state index in [-0.39, 0.29) is 0 Å². The van der Waals surface area contributed by atoms with Crippen molar-refractivity contribution in [1.29, 1.82) is 0 Å². The van der Waals surface area contributed by atoms with Crippen LogP contribution in [0.2, 0.25) is 0 Å². The minimum absolute atomic E-state index is 0.762. The number of aromatic amines is 1. The predicted molar refractivity (Wildman–Crippen MR) is 105 cm³/mol. The zero-order valence-corrected chi connectivity index (χ0v) is 15.0. The topological polar surface area (TPSA) is 37.9 Å². The number of H-pyrrole nitrogens is 1. The van der Waals surface area contributed by atoms with Gasteiger partial charge in [-0.15, -0.1) is 0 Å². The molecule has 0 bridgehead atoms. The summed E-state index contributed by atoms with van der Waals surface area (Å²) in [6.07, 6.45) is 4.38. The molecule has 1 heterocycles. The largest absolute Gasteiger partial charge is 0.456 e. The highest BCUT2D eigenvalue weighted by Crippen LogP contribution is 2.30. The summed E-state index contributed by atoms with van der Waals surface area (Å²) >= 11 is 2.30. The van der Waals surface area contributed by atoms with Crippen LogP contribution in [0.1, 0.15) is 11.4 Å². The monoisotopic (exact) mass is 426 g/mol. The van der Waals surface area contributed by atoms with Crippen molar-refractivity contribution in [3.05, 3.63) is 88.0 Å². The van der Waals surface area contributed by atoms with Gasteiger partial charge in [-0.2, -0.15) is 0 Å². The number of benzene rings is 3. The summed E-state index contributed by atoms with van der Waals surface area (Å²) in [5.41, 5.74) is 1.17. The number of aromatic nitrogens is 2. The lowest BCUT2D eigenvalue weighted by Gasteiger charge is -2.10. The van der Waals surface area contributed by atoms with Gasteiger partial charge in [0.25, 0.3) is 0 Å². The van der Waals surface area contributed by atoms with E-state index >= 15 is 0 Å². The van der Waals surface area contributed by atoms with Crippen LogP contribution in [0.25, 0.3) is 10.8 Å². The molecule has 0 spiro atoms. The van der Waals surface area contributed by atoms with E-state index in [1.54, 1.807) is 6.20 Å². The molecule has 118 valence electrons. The molecule has 0 radical (unpaired) electrons. The van der Waals surface area contributed by atoms with Crippen molar-refractivity contribution in [2.24, 2.45) is 0 Å². The van der Waals surface area contributed by atoms with Crippen molar-refractivity contribution in [3.8, 4) is 11.5 Å². The molecule has 0 saturated heterocycles. The summed E-state index contributed by atoms with van der Waals surface area (Å²) in [5.74, 6) is 2.67. The van der Waals surface area contributed by atoms with E-state index < -0.39 is 0 Å². The quantitative estimate of drug-likeness (QED) is 0.435. The third kappa shape index (κ3) is 3.28. The van der Waals surface area contributed by atoms with Crippen molar-refractivity contribution in [2.45, 2.75) is 6.42 Å². The SMILES string of the molecule is Ic1ccc(Cc2ncc[nH]2)cc1Oc1ccc2ccccc2c1. The summed E-state index contributed by atoms with van der Waals surface area (Å²) < 4.78 is 7.23. The Bertz CT molecular complexity index is 980. The third-order valence-corrected chi connectivity index (χ3v) is 4.76. The Balaban J connectivity index is 1.62. The lowest BCUT2D eigenvalue weighted by molar-refractivity contribution is 0.479. The molecule has 24 heavy (non-hydrogen) atoms. The number of hydrogen-bond acceptors (Lipinski definition) is 2. The Morgan fingerprint density at radius 1 is 0.958 bits per heavy atom. The number of ether oxygens (including phenoxy) is 1. The van der Waals surface area contributed by atoms with E-state index in [9.17, 15) is 0 Å². The maximum Gasteiger partial charge on any atom is 0.141 e. The number of halogens is 1. The molecular formula is C20H15IN2O. The lowest BCUT2D eigenvalue weighted by Crippen LogP contribution is -1.94. The highest BCUT2D eigenvalue weighted by molar-refractivity contribution is 14.1. The Hall–Kier alpha value is -2.34. The molecular weight excluding hydrogens is 411 g/mol. The number of fused-ring (bicyclic) bond motifs is 1. The van der Waals surface area contributed by atoms with E-state index in [4.69, 9.17) is 4.74 Å². The van der Waals surface area contributed by atoms with Gasteiger partial charge in [-0.3, -0.25) is 0 Å². The molecule has 4 aromatic rings. The van der Waals surface area contributed by atoms with Gasteiger partial charge in [0.1, 0.15) is 17.3 Å². The normalized spacial score (nSPS) is 10.9. The molecule has 1 N–H and O–H groups in total. The van der Waals surface area contributed by atoms with E-state index in [1.807, 2.05) is 24.4 Å². The minimum Gasteiger partial charge on any atom is -0.456 e. The van der Waals surface area contributed by atoms with E-state index in [0.717, 1.165) is 27.3 Å². The van der Waals surface area contributed by atoms with E-state index in [0.29, 0.717) is 0 Å². The Morgan fingerprint density at radius 2 is 1.83 bits per heavy atom. The highest BCUT2D eigenvalue weighted by Gasteiger charge is 2.07. The zero-order chi connectivity index (χ0) is 16.4. The molecule has 4 heteroatoms. The molecule has 0 aliphatic rings. The molecule has 4 rings (SSSR count). The molecule has 3 aromatic carbocycles. The van der Waals surface area contributed by atoms with Crippen LogP contribution < -0.4 is 4.74 Å². The number of nitrogens with one attached hydrogen (secondary N) is 1. The number of rotatable bonds is 4. The van der Waals surface area contributed by atoms with Gasteiger partial charge in [0.2, 0.25) is 0 Å². The first-order valence-electron chi connectivity index (χ1n) is 7.71. The second-order valence-electron chi connectivity index (χ2n) is 5.59. The van der Waals surface area contributed by atoms with Crippen LogP contribution in [-0.4, -0.2) is 9.97 Å². The third-order valence-electron chi connectivity index (χ3n) is 3.87. The minimum atomic E-state index is 0.762. The zero-order valence-electron chi connectivity index (χ0n) is 12.9. The summed E-state index contributed by atoms with van der Waals surface area (Å²) in [7, 11) is 0. The number of imidazole rings is 1. The van der Waals surface area contributed by atoms with Gasteiger partial charge in [0.05, 0.1) is 3.57 Å². The van der Waals surface area contributed by atoms with Crippen LogP contribution in [0.15, 0.2) is 73.1 Å². The maximum atomic E-state index is 6.14. The maximum absolute atomic E-state index is 6.14. The lowest BCUT2D eigenvalue weighted by atomic mass is 10.1. The summed E-state index contributed by atoms with van der Waals surface area (Å²) in [6.45, 7) is 0. The second-order valence-corrected chi connectivity index (χ2v) is 6.75. The van der Waals surface area contributed by atoms with Gasteiger partial charge in [0, 0.05) is 18.8 Å². The summed E-state index contributed by atoms with van der Waals surface area (Å²) in [4.78, 5) is 7.42. The van der Waals surface area contributed by atoms with Gasteiger partial charge in [-0.1, -0.05) is 36.4 Å². The van der Waals surface area contributed by atoms with Crippen LogP contribution in [0.5, 0.6) is 11.5 Å². The van der Waals surface area contributed by atoms with Crippen molar-refractivity contribution in [3.63, 3.8) is 0 Å². The number of nitrogens with zero attached hydrogens (tertiary/aromatic N) is 1. The van der Waals surface area contributed by atoms with Crippen molar-refractivity contribution in [1.82, 2.24) is 9.97 Å². The molecule has 0 amide bonds. The van der Waals surface area contributed by atoms with Gasteiger partial charge >= 0.3 is 0 Å². The van der Waals surface area contributed by atoms with Gasteiger partial charge in [0.15, 0.2) is 0 Å². The molecule has 0 saturated carbocycles. The van der Waals surface area contributed by atoms with E-state index in [2.05, 4.69) is 75.0 Å². The highest BCUT2D eigenvalue weighted by atomic mass is 127. The Labute approximate surface area is 153 Å². The van der Waals surface area contributed by atoms with Crippen LogP contribution >= 0.6 is 22.6 Å². The fraction of sp³-hybridized carbons (Fsp3) is 0.0500. The van der Waals surface area contributed by atoms with Crippen molar-refractivity contribution in [2.75, 3.05) is 0 Å². The molecule has 0 atom stereocenters. The molecule has 0 fully saturated rings. The first-order valence-corrected chi connectivity index (χ1v) is 8.79. The molecule has 0 aliphatic carbocycles. The first kappa shape index (κ1) is 15.2. The Morgan fingerprint density at radius 3 is 2.67 bits per heavy atom. The molecule has 0 aliphatic heterocycles. The summed E-state index contributed by atoms with van der Waals surface area (Å²) in [6, 6.07) is 20.7. The smallest absolute Gasteiger partial charge is 0.141 e. The fourth-order valence-electron chi connectivity index (χ4n) is 2.68. The number of hydrogen-bond donors (Lipinski definition) is 1. The van der Waals surface area contributed by atoms with Crippen molar-refractivity contribution < 1.29 is 4.74 Å². The predicted octanol–water partition coefficient (Wildman–Crippen LogP) is 5.55. The Kier molecular flexibility index (Phi) is 4.21. The molecule has 0 unspecified atom stereocenters. The van der Waals surface area contributed by atoms with Crippen LogP contribution in [0, 0.1) is 3.57 Å². The molecule has 1 aromatic heterocycles. The van der Waals surface area contributed by atoms with Crippen LogP contribution in [-0.2, 0) is 6.42 Å². The fourth-order valence-corrected chi connectivity index (χ4v) is 3.13. The molecule has 3 nitrogen and oxygen atoms in total. The standard InChI is InChI=1S/C20H15IN2O/c21-18-8-5-14(12-20-22-9-10-23-20)11-19(18)24-17-7-6-15-3-1-2-4-16(15)13-17/h1-11,13H,12H2,(H,22,23). The van der Waals surface area contributed by atoms with Gasteiger partial charge in [-0.05, 0) is 63.2 Å².